The van der Waals surface area contributed by atoms with Gasteiger partial charge in [0.05, 0.1) is 30.2 Å². The van der Waals surface area contributed by atoms with Crippen molar-refractivity contribution in [3.05, 3.63) is 30.4 Å². The van der Waals surface area contributed by atoms with Gasteiger partial charge in [-0.25, -0.2) is 4.99 Å². The van der Waals surface area contributed by atoms with Gasteiger partial charge >= 0.3 is 0 Å². The van der Waals surface area contributed by atoms with Crippen molar-refractivity contribution >= 4 is 41.5 Å². The Hall–Kier alpha value is -2.11. The SMILES string of the molecule is CCNC(=NCc1ccn(C2CCCC2)n1)N1CCN(c2cnn(C)c2)C(=O)C1.I. The lowest BCUT2D eigenvalue weighted by Gasteiger charge is -2.35. The molecule has 9 nitrogen and oxygen atoms in total. The van der Waals surface area contributed by atoms with Gasteiger partial charge in [-0.1, -0.05) is 12.8 Å². The summed E-state index contributed by atoms with van der Waals surface area (Å²) >= 11 is 0. The second-order valence-electron chi connectivity index (χ2n) is 7.73. The molecule has 0 unspecified atom stereocenters. The van der Waals surface area contributed by atoms with Crippen molar-refractivity contribution in [2.24, 2.45) is 12.0 Å². The molecule has 1 aliphatic heterocycles. The number of aryl methyl sites for hydroxylation is 1. The summed E-state index contributed by atoms with van der Waals surface area (Å²) in [4.78, 5) is 21.3. The van der Waals surface area contributed by atoms with Crippen LogP contribution >= 0.6 is 24.0 Å². The van der Waals surface area contributed by atoms with Crippen molar-refractivity contribution in [1.82, 2.24) is 29.8 Å². The van der Waals surface area contributed by atoms with E-state index in [0.29, 0.717) is 25.7 Å². The maximum atomic E-state index is 12.7. The Morgan fingerprint density at radius 2 is 2.10 bits per heavy atom. The molecule has 0 aromatic carbocycles. The minimum absolute atomic E-state index is 0. The zero-order valence-corrected chi connectivity index (χ0v) is 20.0. The van der Waals surface area contributed by atoms with Gasteiger partial charge in [0.25, 0.3) is 0 Å². The average molecular weight is 526 g/mol. The highest BCUT2D eigenvalue weighted by molar-refractivity contribution is 14.0. The van der Waals surface area contributed by atoms with Crippen LogP contribution in [0.2, 0.25) is 0 Å². The van der Waals surface area contributed by atoms with E-state index in [0.717, 1.165) is 30.4 Å². The van der Waals surface area contributed by atoms with E-state index in [9.17, 15) is 4.79 Å². The second-order valence-corrected chi connectivity index (χ2v) is 7.73. The molecule has 0 spiro atoms. The van der Waals surface area contributed by atoms with Crippen LogP contribution in [0.1, 0.15) is 44.3 Å². The molecule has 10 heteroatoms. The first-order valence-electron chi connectivity index (χ1n) is 10.5. The van der Waals surface area contributed by atoms with Gasteiger partial charge in [0.2, 0.25) is 5.91 Å². The number of nitrogens with one attached hydrogen (secondary N) is 1. The molecule has 0 radical (unpaired) electrons. The molecule has 2 aromatic rings. The summed E-state index contributed by atoms with van der Waals surface area (Å²) in [6.45, 7) is 4.95. The first-order valence-corrected chi connectivity index (χ1v) is 10.5. The molecule has 2 fully saturated rings. The topological polar surface area (TPSA) is 83.6 Å². The second kappa shape index (κ2) is 10.3. The van der Waals surface area contributed by atoms with E-state index in [4.69, 9.17) is 10.1 Å². The minimum atomic E-state index is 0. The van der Waals surface area contributed by atoms with E-state index >= 15 is 0 Å². The first kappa shape index (κ1) is 22.6. The van der Waals surface area contributed by atoms with E-state index in [1.165, 1.54) is 25.7 Å². The Kier molecular flexibility index (Phi) is 7.73. The van der Waals surface area contributed by atoms with Crippen molar-refractivity contribution in [1.29, 1.82) is 0 Å². The van der Waals surface area contributed by atoms with Gasteiger partial charge in [0.15, 0.2) is 5.96 Å². The summed E-state index contributed by atoms with van der Waals surface area (Å²) in [5, 5.41) is 12.2. The molecule has 0 atom stereocenters. The van der Waals surface area contributed by atoms with E-state index in [1.54, 1.807) is 15.8 Å². The van der Waals surface area contributed by atoms with Crippen LogP contribution in [0.25, 0.3) is 0 Å². The number of nitrogens with zero attached hydrogens (tertiary/aromatic N) is 7. The predicted octanol–water partition coefficient (Wildman–Crippen LogP) is 2.16. The fourth-order valence-corrected chi connectivity index (χ4v) is 4.09. The lowest BCUT2D eigenvalue weighted by atomic mass is 10.3. The summed E-state index contributed by atoms with van der Waals surface area (Å²) in [7, 11) is 1.86. The van der Waals surface area contributed by atoms with Gasteiger partial charge in [-0.15, -0.1) is 24.0 Å². The van der Waals surface area contributed by atoms with Gasteiger partial charge < -0.3 is 15.1 Å². The third-order valence-corrected chi connectivity index (χ3v) is 5.61. The number of hydrogen-bond donors (Lipinski definition) is 1. The molecule has 1 N–H and O–H groups in total. The van der Waals surface area contributed by atoms with Gasteiger partial charge in [0.1, 0.15) is 6.54 Å². The van der Waals surface area contributed by atoms with Crippen LogP contribution in [-0.4, -0.2) is 62.5 Å². The molecule has 3 heterocycles. The van der Waals surface area contributed by atoms with Crippen molar-refractivity contribution < 1.29 is 4.79 Å². The molecule has 30 heavy (non-hydrogen) atoms. The average Bonchev–Trinajstić information content (AvgIpc) is 3.46. The van der Waals surface area contributed by atoms with Gasteiger partial charge in [0, 0.05) is 39.1 Å². The molecular formula is C20H31IN8O. The quantitative estimate of drug-likeness (QED) is 0.367. The molecule has 1 saturated heterocycles. The summed E-state index contributed by atoms with van der Waals surface area (Å²) in [5.41, 5.74) is 1.81. The van der Waals surface area contributed by atoms with E-state index < -0.39 is 0 Å². The van der Waals surface area contributed by atoms with Crippen LogP contribution in [0.15, 0.2) is 29.6 Å². The van der Waals surface area contributed by atoms with Crippen LogP contribution < -0.4 is 10.2 Å². The summed E-state index contributed by atoms with van der Waals surface area (Å²) in [5.74, 6) is 0.822. The van der Waals surface area contributed by atoms with Crippen LogP contribution in [0, 0.1) is 0 Å². The number of anilines is 1. The predicted molar refractivity (Wildman–Crippen MR) is 127 cm³/mol. The molecular weight excluding hydrogens is 495 g/mol. The standard InChI is InChI=1S/C20H30N8O.HI/c1-3-21-20(22-12-16-8-9-28(24-16)17-6-4-5-7-17)26-10-11-27(19(29)15-26)18-13-23-25(2)14-18;/h8-9,13-14,17H,3-7,10-12,15H2,1-2H3,(H,21,22);1H. The van der Waals surface area contributed by atoms with E-state index in [2.05, 4.69) is 27.4 Å². The van der Waals surface area contributed by atoms with Crippen LogP contribution in [0.4, 0.5) is 5.69 Å². The summed E-state index contributed by atoms with van der Waals surface area (Å²) in [6, 6.07) is 2.59. The molecule has 1 amide bonds. The Balaban J connectivity index is 0.00000256. The molecule has 0 bridgehead atoms. The van der Waals surface area contributed by atoms with Crippen LogP contribution in [0.3, 0.4) is 0 Å². The minimum Gasteiger partial charge on any atom is -0.356 e. The van der Waals surface area contributed by atoms with Crippen LogP contribution in [0.5, 0.6) is 0 Å². The number of carbonyl (C=O) groups excluding carboxylic acids is 1. The maximum absolute atomic E-state index is 12.7. The Morgan fingerprint density at radius 1 is 1.30 bits per heavy atom. The Bertz CT molecular complexity index is 870. The Labute approximate surface area is 194 Å². The number of guanidine groups is 1. The lowest BCUT2D eigenvalue weighted by Crippen LogP contribution is -2.55. The first-order chi connectivity index (χ1) is 14.1. The van der Waals surface area contributed by atoms with E-state index in [-0.39, 0.29) is 29.9 Å². The third kappa shape index (κ3) is 5.13. The number of rotatable bonds is 5. The van der Waals surface area contributed by atoms with Gasteiger partial charge in [-0.2, -0.15) is 10.2 Å². The maximum Gasteiger partial charge on any atom is 0.246 e. The smallest absolute Gasteiger partial charge is 0.246 e. The van der Waals surface area contributed by atoms with Crippen LogP contribution in [-0.2, 0) is 18.4 Å². The zero-order valence-electron chi connectivity index (χ0n) is 17.7. The largest absolute Gasteiger partial charge is 0.356 e. The molecule has 2 aromatic heterocycles. The molecule has 1 aliphatic carbocycles. The lowest BCUT2D eigenvalue weighted by molar-refractivity contribution is -0.120. The van der Waals surface area contributed by atoms with Crippen molar-refractivity contribution in [3.8, 4) is 0 Å². The number of amides is 1. The summed E-state index contributed by atoms with van der Waals surface area (Å²) in [6.07, 6.45) is 10.7. The number of carbonyl (C=O) groups is 1. The molecule has 1 saturated carbocycles. The van der Waals surface area contributed by atoms with Gasteiger partial charge in [-0.05, 0) is 25.8 Å². The number of aliphatic imine (C=N–C) groups is 1. The fourth-order valence-electron chi connectivity index (χ4n) is 4.09. The van der Waals surface area contributed by atoms with Crippen molar-refractivity contribution in [2.75, 3.05) is 31.1 Å². The molecule has 4 rings (SSSR count). The highest BCUT2D eigenvalue weighted by atomic mass is 127. The van der Waals surface area contributed by atoms with E-state index in [1.807, 2.05) is 25.1 Å². The van der Waals surface area contributed by atoms with Crippen molar-refractivity contribution in [2.45, 2.75) is 45.2 Å². The highest BCUT2D eigenvalue weighted by Crippen LogP contribution is 2.28. The number of piperazine rings is 1. The number of hydrogen-bond acceptors (Lipinski definition) is 4. The monoisotopic (exact) mass is 526 g/mol. The Morgan fingerprint density at radius 3 is 2.77 bits per heavy atom. The van der Waals surface area contributed by atoms with Gasteiger partial charge in [-0.3, -0.25) is 14.2 Å². The molecule has 2 aliphatic rings. The number of aromatic nitrogens is 4. The molecule has 164 valence electrons. The normalized spacial score (nSPS) is 18.1. The fraction of sp³-hybridized carbons (Fsp3) is 0.600. The zero-order chi connectivity index (χ0) is 20.2. The number of halogens is 1. The summed E-state index contributed by atoms with van der Waals surface area (Å²) < 4.78 is 3.81. The van der Waals surface area contributed by atoms with Crippen molar-refractivity contribution in [3.63, 3.8) is 0 Å². The third-order valence-electron chi connectivity index (χ3n) is 5.61. The highest BCUT2D eigenvalue weighted by Gasteiger charge is 2.27.